The smallest absolute Gasteiger partial charge is 0.210 e. The van der Waals surface area contributed by atoms with Crippen LogP contribution in [0.2, 0.25) is 0 Å². The van der Waals surface area contributed by atoms with E-state index in [-0.39, 0.29) is 21.7 Å². The lowest BCUT2D eigenvalue weighted by Gasteiger charge is -2.22. The largest absolute Gasteiger partial charge is 0.243 e. The molecule has 0 saturated heterocycles. The second-order valence-corrected chi connectivity index (χ2v) is 9.73. The topological polar surface area (TPSA) is 46.2 Å². The molecule has 0 amide bonds. The van der Waals surface area contributed by atoms with Crippen LogP contribution in [0.15, 0.2) is 27.6 Å². The monoisotopic (exact) mass is 429 g/mol. The number of sulfonamides is 1. The van der Waals surface area contributed by atoms with Crippen molar-refractivity contribution in [3.05, 3.63) is 28.5 Å². The minimum atomic E-state index is -3.83. The number of rotatable bonds is 5. The summed E-state index contributed by atoms with van der Waals surface area (Å²) in [6.45, 7) is 6.44. The Morgan fingerprint density at radius 3 is 2.45 bits per heavy atom. The average Bonchev–Trinajstić information content (AvgIpc) is 2.23. The molecule has 1 N–H and O–H groups in total. The molecule has 1 aromatic carbocycles. The molecule has 0 saturated carbocycles. The predicted molar refractivity (Wildman–Crippen MR) is 86.1 cm³/mol. The fourth-order valence-electron chi connectivity index (χ4n) is 1.71. The Bertz CT molecular complexity index is 570. The highest BCUT2D eigenvalue weighted by atomic mass is 79.9. The molecule has 0 bridgehead atoms. The number of hydrogen-bond acceptors (Lipinski definition) is 2. The molecular weight excluding hydrogens is 413 g/mol. The first kappa shape index (κ1) is 18.1. The van der Waals surface area contributed by atoms with E-state index < -0.39 is 15.8 Å². The highest BCUT2D eigenvalue weighted by molar-refractivity contribution is 9.10. The van der Waals surface area contributed by atoms with E-state index in [0.717, 1.165) is 12.5 Å². The van der Waals surface area contributed by atoms with Crippen LogP contribution in [0.25, 0.3) is 0 Å². The zero-order valence-corrected chi connectivity index (χ0v) is 15.6. The zero-order chi connectivity index (χ0) is 15.6. The summed E-state index contributed by atoms with van der Waals surface area (Å²) < 4.78 is 40.7. The third kappa shape index (κ3) is 5.79. The highest BCUT2D eigenvalue weighted by Crippen LogP contribution is 2.25. The Morgan fingerprint density at radius 1 is 1.35 bits per heavy atom. The van der Waals surface area contributed by atoms with Crippen LogP contribution in [-0.4, -0.2) is 19.8 Å². The van der Waals surface area contributed by atoms with Crippen molar-refractivity contribution >= 4 is 41.9 Å². The number of hydrogen-bond donors (Lipinski definition) is 1. The molecule has 1 rings (SSSR count). The van der Waals surface area contributed by atoms with Gasteiger partial charge in [-0.2, -0.15) is 0 Å². The third-order valence-electron chi connectivity index (χ3n) is 2.51. The molecule has 0 aliphatic heterocycles. The molecule has 0 aromatic heterocycles. The normalized spacial score (nSPS) is 14.3. The minimum absolute atomic E-state index is 0.00390. The van der Waals surface area contributed by atoms with Gasteiger partial charge in [-0.25, -0.2) is 17.5 Å². The third-order valence-corrected chi connectivity index (χ3v) is 5.11. The minimum Gasteiger partial charge on any atom is -0.210 e. The molecule has 0 aliphatic rings. The van der Waals surface area contributed by atoms with Crippen molar-refractivity contribution in [3.8, 4) is 0 Å². The van der Waals surface area contributed by atoms with Gasteiger partial charge >= 0.3 is 0 Å². The van der Waals surface area contributed by atoms with Gasteiger partial charge in [-0.1, -0.05) is 52.6 Å². The van der Waals surface area contributed by atoms with Crippen molar-refractivity contribution in [3.63, 3.8) is 0 Å². The molecular formula is C13H18Br2FNO2S. The lowest BCUT2D eigenvalue weighted by molar-refractivity contribution is 0.373. The summed E-state index contributed by atoms with van der Waals surface area (Å²) in [6.07, 6.45) is 0.804. The second kappa shape index (κ2) is 6.85. The predicted octanol–water partition coefficient (Wildman–Crippen LogP) is 4.07. The lowest BCUT2D eigenvalue weighted by atomic mass is 9.91. The quantitative estimate of drug-likeness (QED) is 0.715. The van der Waals surface area contributed by atoms with Crippen molar-refractivity contribution in [2.75, 3.05) is 6.54 Å². The van der Waals surface area contributed by atoms with Gasteiger partial charge in [0.2, 0.25) is 10.0 Å². The summed E-state index contributed by atoms with van der Waals surface area (Å²) >= 11 is 6.54. The summed E-state index contributed by atoms with van der Waals surface area (Å²) in [5.74, 6) is -0.770. The fourth-order valence-corrected chi connectivity index (χ4v) is 4.53. The molecule has 20 heavy (non-hydrogen) atoms. The summed E-state index contributed by atoms with van der Waals surface area (Å²) in [4.78, 5) is -0.341. The molecule has 7 heteroatoms. The van der Waals surface area contributed by atoms with Crippen molar-refractivity contribution in [1.29, 1.82) is 0 Å². The van der Waals surface area contributed by atoms with Crippen LogP contribution in [0.4, 0.5) is 4.39 Å². The molecule has 114 valence electrons. The number of alkyl halides is 1. The molecule has 0 aliphatic carbocycles. The van der Waals surface area contributed by atoms with Gasteiger partial charge in [0, 0.05) is 15.8 Å². The zero-order valence-electron chi connectivity index (χ0n) is 11.6. The molecule has 1 atom stereocenters. The van der Waals surface area contributed by atoms with Crippen LogP contribution in [0.5, 0.6) is 0 Å². The first-order valence-corrected chi connectivity index (χ1v) is 9.29. The van der Waals surface area contributed by atoms with Crippen LogP contribution in [0.1, 0.15) is 27.2 Å². The van der Waals surface area contributed by atoms with Crippen LogP contribution < -0.4 is 4.72 Å². The van der Waals surface area contributed by atoms with Gasteiger partial charge in [-0.05, 0) is 30.0 Å². The Labute approximate surface area is 136 Å². The number of benzene rings is 1. The van der Waals surface area contributed by atoms with Crippen molar-refractivity contribution in [1.82, 2.24) is 4.72 Å². The molecule has 1 unspecified atom stereocenters. The number of nitrogens with one attached hydrogen (secondary N) is 1. The van der Waals surface area contributed by atoms with Crippen molar-refractivity contribution in [2.45, 2.75) is 36.9 Å². The molecule has 0 fully saturated rings. The van der Waals surface area contributed by atoms with Gasteiger partial charge < -0.3 is 0 Å². The van der Waals surface area contributed by atoms with Gasteiger partial charge in [0.15, 0.2) is 0 Å². The van der Waals surface area contributed by atoms with Crippen molar-refractivity contribution < 1.29 is 12.8 Å². The molecule has 0 radical (unpaired) electrons. The molecule has 3 nitrogen and oxygen atoms in total. The molecule has 0 spiro atoms. The maximum Gasteiger partial charge on any atom is 0.243 e. The maximum absolute atomic E-state index is 13.7. The van der Waals surface area contributed by atoms with Crippen LogP contribution in [0, 0.1) is 11.2 Å². The van der Waals surface area contributed by atoms with E-state index >= 15 is 0 Å². The Morgan fingerprint density at radius 2 is 1.95 bits per heavy atom. The van der Waals surface area contributed by atoms with Crippen molar-refractivity contribution in [2.24, 2.45) is 5.41 Å². The first-order valence-electron chi connectivity index (χ1n) is 6.10. The standard InChI is InChI=1S/C13H18Br2FNO2S/c1-13(2,3)7-10(15)8-17-20(18,19)12-5-4-9(14)6-11(12)16/h4-6,10,17H,7-8H2,1-3H3. The van der Waals surface area contributed by atoms with E-state index in [1.54, 1.807) is 0 Å². The van der Waals surface area contributed by atoms with Crippen LogP contribution in [-0.2, 0) is 10.0 Å². The maximum atomic E-state index is 13.7. The fraction of sp³-hybridized carbons (Fsp3) is 0.538. The van der Waals surface area contributed by atoms with Gasteiger partial charge in [0.1, 0.15) is 10.7 Å². The Hall–Kier alpha value is 0.0200. The van der Waals surface area contributed by atoms with Gasteiger partial charge in [0.05, 0.1) is 0 Å². The average molecular weight is 431 g/mol. The van der Waals surface area contributed by atoms with E-state index in [0.29, 0.717) is 4.47 Å². The second-order valence-electron chi connectivity index (χ2n) is 5.79. The highest BCUT2D eigenvalue weighted by Gasteiger charge is 2.22. The summed E-state index contributed by atoms with van der Waals surface area (Å²) in [5, 5.41) is 0. The van der Waals surface area contributed by atoms with E-state index in [9.17, 15) is 12.8 Å². The van der Waals surface area contributed by atoms with Gasteiger partial charge in [-0.15, -0.1) is 0 Å². The summed E-state index contributed by atoms with van der Waals surface area (Å²) in [5.41, 5.74) is 0.0858. The molecule has 0 heterocycles. The summed E-state index contributed by atoms with van der Waals surface area (Å²) in [7, 11) is -3.83. The van der Waals surface area contributed by atoms with Gasteiger partial charge in [0.25, 0.3) is 0 Å². The Balaban J connectivity index is 2.76. The lowest BCUT2D eigenvalue weighted by Crippen LogP contribution is -2.32. The first-order chi connectivity index (χ1) is 9.01. The molecule has 1 aromatic rings. The Kier molecular flexibility index (Phi) is 6.19. The van der Waals surface area contributed by atoms with Gasteiger partial charge in [-0.3, -0.25) is 0 Å². The van der Waals surface area contributed by atoms with E-state index in [4.69, 9.17) is 0 Å². The van der Waals surface area contributed by atoms with Crippen LogP contribution in [0.3, 0.4) is 0 Å². The number of halogens is 3. The van der Waals surface area contributed by atoms with E-state index in [2.05, 4.69) is 57.4 Å². The van der Waals surface area contributed by atoms with Crippen LogP contribution >= 0.6 is 31.9 Å². The van der Waals surface area contributed by atoms with E-state index in [1.165, 1.54) is 12.1 Å². The summed E-state index contributed by atoms with van der Waals surface area (Å²) in [6, 6.07) is 3.88. The SMILES string of the molecule is CC(C)(C)CC(Br)CNS(=O)(=O)c1ccc(Br)cc1F. The van der Waals surface area contributed by atoms with E-state index in [1.807, 2.05) is 0 Å².